The summed E-state index contributed by atoms with van der Waals surface area (Å²) in [6, 6.07) is 3.49. The van der Waals surface area contributed by atoms with Crippen LogP contribution in [0, 0.1) is 6.92 Å². The molecule has 0 spiro atoms. The largest absolute Gasteiger partial charge is 0.480 e. The van der Waals surface area contributed by atoms with E-state index in [0.29, 0.717) is 12.8 Å². The van der Waals surface area contributed by atoms with Gasteiger partial charge in [0.1, 0.15) is 17.6 Å². The fourth-order valence-electron chi connectivity index (χ4n) is 2.41. The molecule has 4 nitrogen and oxygen atoms in total. The maximum atomic E-state index is 11.2. The number of hydrogen-bond acceptors (Lipinski definition) is 3. The first-order valence-electron chi connectivity index (χ1n) is 6.19. The molecule has 0 bridgehead atoms. The number of carboxylic acid groups (broad SMARTS) is 1. The zero-order valence-electron chi connectivity index (χ0n) is 10.2. The van der Waals surface area contributed by atoms with Crippen molar-refractivity contribution in [3.05, 3.63) is 23.7 Å². The summed E-state index contributed by atoms with van der Waals surface area (Å²) in [7, 11) is 0. The Morgan fingerprint density at radius 1 is 1.47 bits per heavy atom. The second-order valence-electron chi connectivity index (χ2n) is 4.65. The van der Waals surface area contributed by atoms with E-state index in [2.05, 4.69) is 4.90 Å². The predicted molar refractivity (Wildman–Crippen MR) is 64.0 cm³/mol. The lowest BCUT2D eigenvalue weighted by atomic mass is 10.1. The minimum Gasteiger partial charge on any atom is -0.480 e. The fourth-order valence-corrected chi connectivity index (χ4v) is 2.41. The van der Waals surface area contributed by atoms with Crippen molar-refractivity contribution in [2.24, 2.45) is 0 Å². The zero-order valence-corrected chi connectivity index (χ0v) is 10.2. The Balaban J connectivity index is 1.91. The highest BCUT2D eigenvalue weighted by Crippen LogP contribution is 2.17. The van der Waals surface area contributed by atoms with Gasteiger partial charge in [0.15, 0.2) is 0 Å². The van der Waals surface area contributed by atoms with E-state index in [0.717, 1.165) is 37.5 Å². The van der Waals surface area contributed by atoms with Crippen molar-refractivity contribution >= 4 is 5.97 Å². The van der Waals surface area contributed by atoms with Crippen LogP contribution in [0.4, 0.5) is 0 Å². The molecular weight excluding hydrogens is 218 g/mol. The number of aryl methyl sites for hydroxylation is 2. The Bertz CT molecular complexity index is 380. The summed E-state index contributed by atoms with van der Waals surface area (Å²) in [5.41, 5.74) is 0. The molecule has 1 N–H and O–H groups in total. The van der Waals surface area contributed by atoms with E-state index < -0.39 is 5.97 Å². The quantitative estimate of drug-likeness (QED) is 0.851. The number of likely N-dealkylation sites (tertiary alicyclic amines) is 1. The molecular formula is C13H19NO3. The van der Waals surface area contributed by atoms with Crippen molar-refractivity contribution in [3.63, 3.8) is 0 Å². The van der Waals surface area contributed by atoms with E-state index in [1.807, 2.05) is 19.1 Å². The smallest absolute Gasteiger partial charge is 0.320 e. The van der Waals surface area contributed by atoms with Crippen molar-refractivity contribution < 1.29 is 14.3 Å². The second-order valence-corrected chi connectivity index (χ2v) is 4.65. The number of aliphatic carboxylic acids is 1. The summed E-state index contributed by atoms with van der Waals surface area (Å²) < 4.78 is 5.46. The first-order valence-corrected chi connectivity index (χ1v) is 6.19. The molecule has 1 saturated heterocycles. The van der Waals surface area contributed by atoms with Gasteiger partial charge < -0.3 is 9.52 Å². The summed E-state index contributed by atoms with van der Waals surface area (Å²) in [5, 5.41) is 9.24. The number of furan rings is 1. The van der Waals surface area contributed by atoms with Crippen LogP contribution in [-0.4, -0.2) is 35.1 Å². The molecule has 1 aromatic heterocycles. The van der Waals surface area contributed by atoms with Gasteiger partial charge in [0.2, 0.25) is 0 Å². The third-order valence-corrected chi connectivity index (χ3v) is 3.33. The molecule has 1 atom stereocenters. The summed E-state index contributed by atoms with van der Waals surface area (Å²) in [6.07, 6.45) is 3.55. The average Bonchev–Trinajstić information content (AvgIpc) is 2.90. The fraction of sp³-hybridized carbons (Fsp3) is 0.615. The summed E-state index contributed by atoms with van der Waals surface area (Å²) in [5.74, 6) is 1.05. The molecule has 2 heterocycles. The minimum atomic E-state index is -0.713. The topological polar surface area (TPSA) is 53.7 Å². The Morgan fingerprint density at radius 2 is 2.18 bits per heavy atom. The van der Waals surface area contributed by atoms with E-state index in [9.17, 15) is 9.90 Å². The van der Waals surface area contributed by atoms with Crippen LogP contribution in [0.1, 0.15) is 30.8 Å². The van der Waals surface area contributed by atoms with Gasteiger partial charge in [-0.3, -0.25) is 9.69 Å². The van der Waals surface area contributed by atoms with E-state index in [-0.39, 0.29) is 6.04 Å². The lowest BCUT2D eigenvalue weighted by Gasteiger charge is -2.23. The van der Waals surface area contributed by atoms with Crippen LogP contribution in [0.5, 0.6) is 0 Å². The van der Waals surface area contributed by atoms with Crippen LogP contribution in [0.3, 0.4) is 0 Å². The van der Waals surface area contributed by atoms with Crippen molar-refractivity contribution in [2.75, 3.05) is 13.1 Å². The lowest BCUT2D eigenvalue weighted by molar-refractivity contribution is -0.143. The van der Waals surface area contributed by atoms with Crippen LogP contribution in [-0.2, 0) is 11.2 Å². The highest BCUT2D eigenvalue weighted by molar-refractivity contribution is 5.73. The minimum absolute atomic E-state index is 0.358. The SMILES string of the molecule is Cc1ccc(CCC(C(=O)O)N2CCCC2)o1. The second kappa shape index (κ2) is 5.36. The van der Waals surface area contributed by atoms with Crippen molar-refractivity contribution in [3.8, 4) is 0 Å². The Morgan fingerprint density at radius 3 is 2.71 bits per heavy atom. The molecule has 1 aromatic rings. The maximum Gasteiger partial charge on any atom is 0.320 e. The van der Waals surface area contributed by atoms with E-state index >= 15 is 0 Å². The van der Waals surface area contributed by atoms with Crippen LogP contribution < -0.4 is 0 Å². The van der Waals surface area contributed by atoms with Crippen LogP contribution >= 0.6 is 0 Å². The Labute approximate surface area is 101 Å². The van der Waals surface area contributed by atoms with Crippen LogP contribution in [0.2, 0.25) is 0 Å². The molecule has 0 aliphatic carbocycles. The molecule has 94 valence electrons. The molecule has 4 heteroatoms. The number of carbonyl (C=O) groups is 1. The number of rotatable bonds is 5. The van der Waals surface area contributed by atoms with E-state index in [1.54, 1.807) is 0 Å². The van der Waals surface area contributed by atoms with Gasteiger partial charge in [-0.05, 0) is 51.4 Å². The van der Waals surface area contributed by atoms with E-state index in [1.165, 1.54) is 0 Å². The molecule has 0 aromatic carbocycles. The number of carboxylic acids is 1. The monoisotopic (exact) mass is 237 g/mol. The van der Waals surface area contributed by atoms with Gasteiger partial charge in [-0.15, -0.1) is 0 Å². The number of nitrogens with zero attached hydrogens (tertiary/aromatic N) is 1. The Hall–Kier alpha value is -1.29. The molecule has 1 unspecified atom stereocenters. The molecule has 0 amide bonds. The highest BCUT2D eigenvalue weighted by atomic mass is 16.4. The maximum absolute atomic E-state index is 11.2. The van der Waals surface area contributed by atoms with Crippen molar-refractivity contribution in [1.29, 1.82) is 0 Å². The molecule has 17 heavy (non-hydrogen) atoms. The van der Waals surface area contributed by atoms with Crippen molar-refractivity contribution in [2.45, 2.75) is 38.6 Å². The molecule has 1 aliphatic rings. The average molecular weight is 237 g/mol. The van der Waals surface area contributed by atoms with Gasteiger partial charge in [0, 0.05) is 6.42 Å². The van der Waals surface area contributed by atoms with Gasteiger partial charge in [-0.1, -0.05) is 0 Å². The molecule has 0 saturated carbocycles. The van der Waals surface area contributed by atoms with Crippen LogP contribution in [0.25, 0.3) is 0 Å². The molecule has 1 fully saturated rings. The molecule has 0 radical (unpaired) electrons. The molecule has 1 aliphatic heterocycles. The molecule has 2 rings (SSSR count). The van der Waals surface area contributed by atoms with Gasteiger partial charge in [-0.2, -0.15) is 0 Å². The predicted octanol–water partition coefficient (Wildman–Crippen LogP) is 2.07. The van der Waals surface area contributed by atoms with Gasteiger partial charge in [0.25, 0.3) is 0 Å². The third-order valence-electron chi connectivity index (χ3n) is 3.33. The normalized spacial score (nSPS) is 18.4. The summed E-state index contributed by atoms with van der Waals surface area (Å²) in [6.45, 7) is 3.72. The van der Waals surface area contributed by atoms with E-state index in [4.69, 9.17) is 4.42 Å². The first-order chi connectivity index (χ1) is 8.16. The van der Waals surface area contributed by atoms with Crippen molar-refractivity contribution in [1.82, 2.24) is 4.90 Å². The Kier molecular flexibility index (Phi) is 3.84. The van der Waals surface area contributed by atoms with Gasteiger partial charge in [0.05, 0.1) is 0 Å². The highest BCUT2D eigenvalue weighted by Gasteiger charge is 2.27. The first kappa shape index (κ1) is 12.2. The number of hydrogen-bond donors (Lipinski definition) is 1. The standard InChI is InChI=1S/C13H19NO3/c1-10-4-5-11(17-10)6-7-12(13(15)16)14-8-2-3-9-14/h4-5,12H,2-3,6-9H2,1H3,(H,15,16). The zero-order chi connectivity index (χ0) is 12.3. The summed E-state index contributed by atoms with van der Waals surface area (Å²) in [4.78, 5) is 13.3. The van der Waals surface area contributed by atoms with Gasteiger partial charge in [-0.25, -0.2) is 0 Å². The lowest BCUT2D eigenvalue weighted by Crippen LogP contribution is -2.39. The summed E-state index contributed by atoms with van der Waals surface area (Å²) >= 11 is 0. The van der Waals surface area contributed by atoms with Gasteiger partial charge >= 0.3 is 5.97 Å². The van der Waals surface area contributed by atoms with Crippen LogP contribution in [0.15, 0.2) is 16.5 Å². The third kappa shape index (κ3) is 3.09.